The van der Waals surface area contributed by atoms with Crippen molar-refractivity contribution >= 4 is 15.9 Å². The number of benzene rings is 3. The van der Waals surface area contributed by atoms with Crippen molar-refractivity contribution in [3.8, 4) is 33.8 Å². The molecule has 0 heterocycles. The van der Waals surface area contributed by atoms with Crippen LogP contribution in [0, 0.1) is 11.6 Å². The molecule has 116 valence electrons. The van der Waals surface area contributed by atoms with Crippen molar-refractivity contribution < 1.29 is 19.0 Å². The molecule has 0 aliphatic carbocycles. The van der Waals surface area contributed by atoms with E-state index in [0.717, 1.165) is 6.07 Å². The Morgan fingerprint density at radius 3 is 1.96 bits per heavy atom. The summed E-state index contributed by atoms with van der Waals surface area (Å²) in [7, 11) is 0. The number of para-hydroxylation sites is 1. The SMILES string of the molecule is Oc1ccccc1-c1cc(-c2cc(Br)ccc2O)c(F)cc1F. The van der Waals surface area contributed by atoms with E-state index in [4.69, 9.17) is 0 Å². The number of phenolic OH excluding ortho intramolecular Hbond substituents is 2. The van der Waals surface area contributed by atoms with Crippen LogP contribution in [0.25, 0.3) is 22.3 Å². The maximum absolute atomic E-state index is 14.2. The fraction of sp³-hybridized carbons (Fsp3) is 0. The predicted molar refractivity (Wildman–Crippen MR) is 88.3 cm³/mol. The first-order chi connectivity index (χ1) is 11.0. The van der Waals surface area contributed by atoms with Gasteiger partial charge < -0.3 is 10.2 Å². The molecule has 23 heavy (non-hydrogen) atoms. The molecular formula is C18H11BrF2O2. The molecule has 0 saturated carbocycles. The number of hydrogen-bond acceptors (Lipinski definition) is 2. The highest BCUT2D eigenvalue weighted by atomic mass is 79.9. The number of phenols is 2. The summed E-state index contributed by atoms with van der Waals surface area (Å²) in [5.41, 5.74) is 0.580. The molecule has 0 spiro atoms. The van der Waals surface area contributed by atoms with Gasteiger partial charge in [0, 0.05) is 32.8 Å². The van der Waals surface area contributed by atoms with E-state index >= 15 is 0 Å². The van der Waals surface area contributed by atoms with Gasteiger partial charge in [0.25, 0.3) is 0 Å². The smallest absolute Gasteiger partial charge is 0.134 e. The summed E-state index contributed by atoms with van der Waals surface area (Å²) in [6.07, 6.45) is 0. The molecule has 3 aromatic rings. The summed E-state index contributed by atoms with van der Waals surface area (Å²) in [5.74, 6) is -1.82. The first-order valence-electron chi connectivity index (χ1n) is 6.73. The molecule has 3 aromatic carbocycles. The van der Waals surface area contributed by atoms with Gasteiger partial charge in [-0.15, -0.1) is 0 Å². The van der Waals surface area contributed by atoms with Crippen molar-refractivity contribution in [2.45, 2.75) is 0 Å². The van der Waals surface area contributed by atoms with Gasteiger partial charge in [0.05, 0.1) is 0 Å². The van der Waals surface area contributed by atoms with E-state index in [2.05, 4.69) is 15.9 Å². The lowest BCUT2D eigenvalue weighted by atomic mass is 9.97. The van der Waals surface area contributed by atoms with Crippen molar-refractivity contribution in [3.63, 3.8) is 0 Å². The van der Waals surface area contributed by atoms with Gasteiger partial charge in [-0.1, -0.05) is 34.1 Å². The van der Waals surface area contributed by atoms with Gasteiger partial charge in [-0.25, -0.2) is 8.78 Å². The number of halogens is 3. The fourth-order valence-corrected chi connectivity index (χ4v) is 2.75. The van der Waals surface area contributed by atoms with E-state index in [-0.39, 0.29) is 33.8 Å². The van der Waals surface area contributed by atoms with Crippen LogP contribution >= 0.6 is 15.9 Å². The third-order valence-corrected chi connectivity index (χ3v) is 3.99. The Balaban J connectivity index is 2.26. The predicted octanol–water partition coefficient (Wildman–Crippen LogP) is 5.47. The molecule has 0 amide bonds. The highest BCUT2D eigenvalue weighted by Crippen LogP contribution is 2.38. The summed E-state index contributed by atoms with van der Waals surface area (Å²) in [6, 6.07) is 12.8. The van der Waals surface area contributed by atoms with Gasteiger partial charge in [-0.2, -0.15) is 0 Å². The van der Waals surface area contributed by atoms with E-state index in [1.807, 2.05) is 0 Å². The van der Waals surface area contributed by atoms with Gasteiger partial charge in [0.2, 0.25) is 0 Å². The Morgan fingerprint density at radius 2 is 1.26 bits per heavy atom. The highest BCUT2D eigenvalue weighted by Gasteiger charge is 2.17. The molecule has 0 aromatic heterocycles. The monoisotopic (exact) mass is 376 g/mol. The zero-order chi connectivity index (χ0) is 16.6. The molecule has 0 bridgehead atoms. The number of aromatic hydroxyl groups is 2. The lowest BCUT2D eigenvalue weighted by molar-refractivity contribution is 0.476. The summed E-state index contributed by atoms with van der Waals surface area (Å²) >= 11 is 3.26. The van der Waals surface area contributed by atoms with E-state index in [0.29, 0.717) is 4.47 Å². The summed E-state index contributed by atoms with van der Waals surface area (Å²) in [5, 5.41) is 19.9. The first-order valence-corrected chi connectivity index (χ1v) is 7.53. The van der Waals surface area contributed by atoms with Crippen LogP contribution in [0.2, 0.25) is 0 Å². The van der Waals surface area contributed by atoms with Crippen molar-refractivity contribution in [3.05, 3.63) is 70.7 Å². The summed E-state index contributed by atoms with van der Waals surface area (Å²) < 4.78 is 29.0. The molecule has 2 nitrogen and oxygen atoms in total. The minimum absolute atomic E-state index is 0.0449. The maximum Gasteiger partial charge on any atom is 0.134 e. The Bertz CT molecular complexity index is 894. The van der Waals surface area contributed by atoms with Crippen molar-refractivity contribution in [2.75, 3.05) is 0 Å². The average Bonchev–Trinajstić information content (AvgIpc) is 2.51. The molecule has 0 saturated heterocycles. The van der Waals surface area contributed by atoms with Gasteiger partial charge in [0.1, 0.15) is 23.1 Å². The van der Waals surface area contributed by atoms with Gasteiger partial charge in [0.15, 0.2) is 0 Å². The summed E-state index contributed by atoms with van der Waals surface area (Å²) in [6.45, 7) is 0. The molecule has 3 rings (SSSR count). The van der Waals surface area contributed by atoms with Gasteiger partial charge >= 0.3 is 0 Å². The number of rotatable bonds is 2. The minimum atomic E-state index is -0.796. The zero-order valence-corrected chi connectivity index (χ0v) is 13.3. The molecule has 0 atom stereocenters. The Labute approximate surface area is 139 Å². The van der Waals surface area contributed by atoms with Crippen LogP contribution in [-0.4, -0.2) is 10.2 Å². The van der Waals surface area contributed by atoms with Crippen molar-refractivity contribution in [2.24, 2.45) is 0 Å². The molecule has 0 unspecified atom stereocenters. The molecular weight excluding hydrogens is 366 g/mol. The van der Waals surface area contributed by atoms with Crippen molar-refractivity contribution in [1.82, 2.24) is 0 Å². The average molecular weight is 377 g/mol. The Kier molecular flexibility index (Phi) is 4.05. The van der Waals surface area contributed by atoms with Crippen LogP contribution in [0.15, 0.2) is 59.1 Å². The second-order valence-corrected chi connectivity index (χ2v) is 5.91. The Morgan fingerprint density at radius 1 is 0.652 bits per heavy atom. The molecule has 0 aliphatic heterocycles. The largest absolute Gasteiger partial charge is 0.507 e. The molecule has 0 fully saturated rings. The molecule has 0 radical (unpaired) electrons. The van der Waals surface area contributed by atoms with E-state index in [9.17, 15) is 19.0 Å². The number of hydrogen-bond donors (Lipinski definition) is 2. The standard InChI is InChI=1S/C18H11BrF2O2/c19-10-5-6-18(23)14(7-10)13-8-12(15(20)9-16(13)21)11-3-1-2-4-17(11)22/h1-9,22-23H. The van der Waals surface area contributed by atoms with E-state index < -0.39 is 11.6 Å². The van der Waals surface area contributed by atoms with E-state index in [1.54, 1.807) is 24.3 Å². The maximum atomic E-state index is 14.2. The van der Waals surface area contributed by atoms with Crippen molar-refractivity contribution in [1.29, 1.82) is 0 Å². The van der Waals surface area contributed by atoms with Crippen LogP contribution in [0.1, 0.15) is 0 Å². The Hall–Kier alpha value is -2.40. The second-order valence-electron chi connectivity index (χ2n) is 4.99. The van der Waals surface area contributed by atoms with Crippen LogP contribution in [0.5, 0.6) is 11.5 Å². The van der Waals surface area contributed by atoms with Gasteiger partial charge in [-0.05, 0) is 30.3 Å². The fourth-order valence-electron chi connectivity index (χ4n) is 2.39. The van der Waals surface area contributed by atoms with Gasteiger partial charge in [-0.3, -0.25) is 0 Å². The molecule has 5 heteroatoms. The summed E-state index contributed by atoms with van der Waals surface area (Å²) in [4.78, 5) is 0. The highest BCUT2D eigenvalue weighted by molar-refractivity contribution is 9.10. The third kappa shape index (κ3) is 2.92. The van der Waals surface area contributed by atoms with Crippen LogP contribution in [-0.2, 0) is 0 Å². The van der Waals surface area contributed by atoms with Crippen LogP contribution in [0.3, 0.4) is 0 Å². The van der Waals surface area contributed by atoms with Crippen LogP contribution in [0.4, 0.5) is 8.78 Å². The molecule has 2 N–H and O–H groups in total. The molecule has 0 aliphatic rings. The minimum Gasteiger partial charge on any atom is -0.507 e. The topological polar surface area (TPSA) is 40.5 Å². The third-order valence-electron chi connectivity index (χ3n) is 3.50. The van der Waals surface area contributed by atoms with E-state index in [1.165, 1.54) is 24.3 Å². The lowest BCUT2D eigenvalue weighted by Crippen LogP contribution is -1.92. The quantitative estimate of drug-likeness (QED) is 0.622. The lowest BCUT2D eigenvalue weighted by Gasteiger charge is -2.11. The second kappa shape index (κ2) is 6.01. The first kappa shape index (κ1) is 15.5. The zero-order valence-electron chi connectivity index (χ0n) is 11.7. The van der Waals surface area contributed by atoms with Crippen LogP contribution < -0.4 is 0 Å². The normalized spacial score (nSPS) is 10.7.